The first kappa shape index (κ1) is 15.9. The molecule has 0 saturated carbocycles. The fourth-order valence-corrected chi connectivity index (χ4v) is 2.41. The predicted octanol–water partition coefficient (Wildman–Crippen LogP) is 3.58. The van der Waals surface area contributed by atoms with Gasteiger partial charge in [-0.15, -0.1) is 0 Å². The van der Waals surface area contributed by atoms with E-state index in [1.165, 1.54) is 5.56 Å². The maximum atomic E-state index is 11.6. The minimum atomic E-state index is -0.308. The van der Waals surface area contributed by atoms with Crippen molar-refractivity contribution in [3.63, 3.8) is 0 Å². The lowest BCUT2D eigenvalue weighted by molar-refractivity contribution is -0.140. The number of hydrogen-bond acceptors (Lipinski definition) is 5. The topological polar surface area (TPSA) is 64.1 Å². The van der Waals surface area contributed by atoms with Gasteiger partial charge in [-0.25, -0.2) is 9.97 Å². The Morgan fingerprint density at radius 1 is 1.08 bits per heavy atom. The molecule has 0 aliphatic heterocycles. The summed E-state index contributed by atoms with van der Waals surface area (Å²) in [4.78, 5) is 20.9. The summed E-state index contributed by atoms with van der Waals surface area (Å²) in [6.07, 6.45) is 0. The Labute approximate surface area is 140 Å². The zero-order valence-electron chi connectivity index (χ0n) is 13.7. The second-order valence-corrected chi connectivity index (χ2v) is 5.44. The van der Waals surface area contributed by atoms with Crippen LogP contribution in [-0.2, 0) is 9.53 Å². The number of esters is 1. The molecule has 0 aliphatic carbocycles. The van der Waals surface area contributed by atoms with Gasteiger partial charge in [-0.05, 0) is 26.0 Å². The normalized spacial score (nSPS) is 10.6. The van der Waals surface area contributed by atoms with E-state index >= 15 is 0 Å². The Morgan fingerprint density at radius 3 is 2.58 bits per heavy atom. The van der Waals surface area contributed by atoms with Gasteiger partial charge in [-0.3, -0.25) is 4.79 Å². The van der Waals surface area contributed by atoms with Crippen LogP contribution < -0.4 is 5.32 Å². The molecule has 0 atom stereocenters. The fourth-order valence-electron chi connectivity index (χ4n) is 2.41. The molecule has 0 fully saturated rings. The van der Waals surface area contributed by atoms with E-state index in [1.54, 1.807) is 6.92 Å². The molecular weight excluding hydrogens is 302 g/mol. The average molecular weight is 321 g/mol. The molecule has 0 unspecified atom stereocenters. The van der Waals surface area contributed by atoms with Crippen LogP contribution in [0.5, 0.6) is 0 Å². The number of anilines is 1. The van der Waals surface area contributed by atoms with Gasteiger partial charge in [0, 0.05) is 10.9 Å². The molecule has 0 spiro atoms. The molecule has 0 radical (unpaired) electrons. The second kappa shape index (κ2) is 7.08. The first-order valence-corrected chi connectivity index (χ1v) is 7.90. The van der Waals surface area contributed by atoms with Crippen molar-refractivity contribution in [1.82, 2.24) is 9.97 Å². The first-order valence-electron chi connectivity index (χ1n) is 7.90. The molecule has 24 heavy (non-hydrogen) atoms. The van der Waals surface area contributed by atoms with E-state index < -0.39 is 0 Å². The lowest BCUT2D eigenvalue weighted by Crippen LogP contribution is -2.17. The van der Waals surface area contributed by atoms with Crippen LogP contribution in [0.2, 0.25) is 0 Å². The van der Waals surface area contributed by atoms with E-state index in [4.69, 9.17) is 4.74 Å². The largest absolute Gasteiger partial charge is 0.465 e. The van der Waals surface area contributed by atoms with Crippen LogP contribution >= 0.6 is 0 Å². The standard InChI is InChI=1S/C19H19N3O2/c1-3-24-17(23)12-20-19-15-6-4-5-7-16(15)21-18(22-19)14-10-8-13(2)9-11-14/h4-11H,3,12H2,1-2H3,(H,20,21,22). The minimum absolute atomic E-state index is 0.0716. The maximum Gasteiger partial charge on any atom is 0.325 e. The number of nitrogens with one attached hydrogen (secondary N) is 1. The first-order chi connectivity index (χ1) is 11.7. The zero-order chi connectivity index (χ0) is 16.9. The van der Waals surface area contributed by atoms with Crippen LogP contribution in [0.4, 0.5) is 5.82 Å². The van der Waals surface area contributed by atoms with Gasteiger partial charge in [-0.1, -0.05) is 42.0 Å². The summed E-state index contributed by atoms with van der Waals surface area (Å²) in [6, 6.07) is 15.8. The van der Waals surface area contributed by atoms with E-state index in [0.29, 0.717) is 18.2 Å². The van der Waals surface area contributed by atoms with Crippen molar-refractivity contribution in [2.24, 2.45) is 0 Å². The van der Waals surface area contributed by atoms with Gasteiger partial charge in [0.1, 0.15) is 12.4 Å². The summed E-state index contributed by atoms with van der Waals surface area (Å²) >= 11 is 0. The highest BCUT2D eigenvalue weighted by atomic mass is 16.5. The smallest absolute Gasteiger partial charge is 0.325 e. The predicted molar refractivity (Wildman–Crippen MR) is 94.8 cm³/mol. The summed E-state index contributed by atoms with van der Waals surface area (Å²) in [5, 5.41) is 3.94. The highest BCUT2D eigenvalue weighted by Gasteiger charge is 2.10. The Morgan fingerprint density at radius 2 is 1.83 bits per heavy atom. The molecule has 2 aromatic carbocycles. The number of rotatable bonds is 5. The quantitative estimate of drug-likeness (QED) is 0.728. The number of para-hydroxylation sites is 1. The molecule has 1 aromatic heterocycles. The number of ether oxygens (including phenoxy) is 1. The number of aryl methyl sites for hydroxylation is 1. The highest BCUT2D eigenvalue weighted by Crippen LogP contribution is 2.25. The number of aromatic nitrogens is 2. The van der Waals surface area contributed by atoms with E-state index in [2.05, 4.69) is 15.3 Å². The summed E-state index contributed by atoms with van der Waals surface area (Å²) in [5.41, 5.74) is 2.94. The van der Waals surface area contributed by atoms with Crippen LogP contribution in [0.25, 0.3) is 22.3 Å². The van der Waals surface area contributed by atoms with Gasteiger partial charge >= 0.3 is 5.97 Å². The van der Waals surface area contributed by atoms with Crippen molar-refractivity contribution in [3.8, 4) is 11.4 Å². The van der Waals surface area contributed by atoms with Crippen LogP contribution in [-0.4, -0.2) is 29.1 Å². The SMILES string of the molecule is CCOC(=O)CNc1nc(-c2ccc(C)cc2)nc2ccccc12. The van der Waals surface area contributed by atoms with Crippen molar-refractivity contribution in [1.29, 1.82) is 0 Å². The summed E-state index contributed by atoms with van der Waals surface area (Å²) in [6.45, 7) is 4.26. The maximum absolute atomic E-state index is 11.6. The Hall–Kier alpha value is -2.95. The lowest BCUT2D eigenvalue weighted by Gasteiger charge is -2.10. The van der Waals surface area contributed by atoms with Gasteiger partial charge < -0.3 is 10.1 Å². The van der Waals surface area contributed by atoms with Crippen molar-refractivity contribution in [2.45, 2.75) is 13.8 Å². The molecule has 0 aliphatic rings. The van der Waals surface area contributed by atoms with E-state index in [0.717, 1.165) is 16.5 Å². The average Bonchev–Trinajstić information content (AvgIpc) is 2.60. The molecule has 0 saturated heterocycles. The molecule has 5 nitrogen and oxygen atoms in total. The van der Waals surface area contributed by atoms with Gasteiger partial charge in [0.05, 0.1) is 12.1 Å². The third-order valence-corrected chi connectivity index (χ3v) is 3.62. The Balaban J connectivity index is 1.99. The third kappa shape index (κ3) is 3.51. The van der Waals surface area contributed by atoms with Gasteiger partial charge in [0.2, 0.25) is 0 Å². The van der Waals surface area contributed by atoms with E-state index in [1.807, 2.05) is 55.5 Å². The van der Waals surface area contributed by atoms with Crippen molar-refractivity contribution in [3.05, 3.63) is 54.1 Å². The van der Waals surface area contributed by atoms with Gasteiger partial charge in [0.15, 0.2) is 5.82 Å². The number of benzene rings is 2. The Kier molecular flexibility index (Phi) is 4.70. The molecule has 1 heterocycles. The summed E-state index contributed by atoms with van der Waals surface area (Å²) in [5.74, 6) is 0.946. The third-order valence-electron chi connectivity index (χ3n) is 3.62. The number of carbonyl (C=O) groups excluding carboxylic acids is 1. The molecule has 0 bridgehead atoms. The molecule has 1 N–H and O–H groups in total. The molecule has 5 heteroatoms. The van der Waals surface area contributed by atoms with E-state index in [-0.39, 0.29) is 12.5 Å². The molecule has 3 aromatic rings. The van der Waals surface area contributed by atoms with Crippen molar-refractivity contribution >= 4 is 22.7 Å². The molecule has 122 valence electrons. The molecule has 0 amide bonds. The second-order valence-electron chi connectivity index (χ2n) is 5.44. The van der Waals surface area contributed by atoms with Crippen molar-refractivity contribution < 1.29 is 9.53 Å². The van der Waals surface area contributed by atoms with Gasteiger partial charge in [0.25, 0.3) is 0 Å². The van der Waals surface area contributed by atoms with Gasteiger partial charge in [-0.2, -0.15) is 0 Å². The van der Waals surface area contributed by atoms with Crippen LogP contribution in [0.1, 0.15) is 12.5 Å². The summed E-state index contributed by atoms with van der Waals surface area (Å²) < 4.78 is 4.96. The molecular formula is C19H19N3O2. The number of nitrogens with zero attached hydrogens (tertiary/aromatic N) is 2. The minimum Gasteiger partial charge on any atom is -0.465 e. The lowest BCUT2D eigenvalue weighted by atomic mass is 10.1. The zero-order valence-corrected chi connectivity index (χ0v) is 13.7. The molecule has 3 rings (SSSR count). The van der Waals surface area contributed by atoms with Crippen LogP contribution in [0.15, 0.2) is 48.5 Å². The number of hydrogen-bond donors (Lipinski definition) is 1. The Bertz CT molecular complexity index is 860. The number of fused-ring (bicyclic) bond motifs is 1. The van der Waals surface area contributed by atoms with Crippen LogP contribution in [0.3, 0.4) is 0 Å². The monoisotopic (exact) mass is 321 g/mol. The fraction of sp³-hybridized carbons (Fsp3) is 0.211. The number of carbonyl (C=O) groups is 1. The van der Waals surface area contributed by atoms with Crippen molar-refractivity contribution in [2.75, 3.05) is 18.5 Å². The van der Waals surface area contributed by atoms with E-state index in [9.17, 15) is 4.79 Å². The van der Waals surface area contributed by atoms with Crippen LogP contribution in [0, 0.1) is 6.92 Å². The highest BCUT2D eigenvalue weighted by molar-refractivity contribution is 5.91. The summed E-state index contributed by atoms with van der Waals surface area (Å²) in [7, 11) is 0.